The SMILES string of the molecule is FC(F)(F)c1cccc(CCNC2=CC=NC3NC=NC23)c1. The first-order valence-corrected chi connectivity index (χ1v) is 6.95. The third-order valence-electron chi connectivity index (χ3n) is 3.60. The number of hydrogen-bond acceptors (Lipinski definition) is 4. The van der Waals surface area contributed by atoms with Crippen LogP contribution in [0.15, 0.2) is 46.0 Å². The van der Waals surface area contributed by atoms with Gasteiger partial charge in [-0.1, -0.05) is 18.2 Å². The molecule has 0 aromatic heterocycles. The van der Waals surface area contributed by atoms with Crippen LogP contribution in [0.2, 0.25) is 0 Å². The molecule has 2 atom stereocenters. The highest BCUT2D eigenvalue weighted by Gasteiger charge is 2.30. The van der Waals surface area contributed by atoms with Gasteiger partial charge in [-0.05, 0) is 24.1 Å². The van der Waals surface area contributed by atoms with E-state index in [4.69, 9.17) is 0 Å². The lowest BCUT2D eigenvalue weighted by molar-refractivity contribution is -0.137. The number of alkyl halides is 3. The molecule has 1 aromatic carbocycles. The van der Waals surface area contributed by atoms with Crippen LogP contribution in [0, 0.1) is 0 Å². The molecule has 4 nitrogen and oxygen atoms in total. The minimum atomic E-state index is -4.30. The van der Waals surface area contributed by atoms with Gasteiger partial charge in [0, 0.05) is 18.5 Å². The van der Waals surface area contributed by atoms with Gasteiger partial charge in [-0.25, -0.2) is 0 Å². The number of nitrogens with zero attached hydrogens (tertiary/aromatic N) is 2. The molecule has 2 N–H and O–H groups in total. The van der Waals surface area contributed by atoms with E-state index in [0.29, 0.717) is 18.5 Å². The average molecular weight is 308 g/mol. The first-order chi connectivity index (χ1) is 10.5. The molecule has 0 fully saturated rings. The molecule has 7 heteroatoms. The van der Waals surface area contributed by atoms with E-state index in [-0.39, 0.29) is 12.2 Å². The summed E-state index contributed by atoms with van der Waals surface area (Å²) >= 11 is 0. The number of hydrogen-bond donors (Lipinski definition) is 2. The molecule has 0 radical (unpaired) electrons. The Labute approximate surface area is 125 Å². The summed E-state index contributed by atoms with van der Waals surface area (Å²) in [5, 5.41) is 6.26. The largest absolute Gasteiger partial charge is 0.416 e. The Morgan fingerprint density at radius 2 is 2.09 bits per heavy atom. The summed E-state index contributed by atoms with van der Waals surface area (Å²) in [5.74, 6) is 0. The maximum Gasteiger partial charge on any atom is 0.416 e. The number of allylic oxidation sites excluding steroid dienone is 1. The third kappa shape index (κ3) is 3.13. The molecule has 0 saturated heterocycles. The van der Waals surface area contributed by atoms with Gasteiger partial charge < -0.3 is 10.6 Å². The van der Waals surface area contributed by atoms with Crippen molar-refractivity contribution in [1.82, 2.24) is 10.6 Å². The number of halogens is 3. The average Bonchev–Trinajstić information content (AvgIpc) is 2.96. The minimum Gasteiger partial charge on any atom is -0.386 e. The summed E-state index contributed by atoms with van der Waals surface area (Å²) in [6, 6.07) is 5.33. The standard InChI is InChI=1S/C15H15F3N4/c16-15(17,18)11-3-1-2-10(8-11)4-6-19-12-5-7-20-14-13(12)21-9-22-14/h1-3,5,7-9,13-14,19H,4,6H2,(H,21,22). The van der Waals surface area contributed by atoms with Crippen molar-refractivity contribution in [2.75, 3.05) is 6.54 Å². The van der Waals surface area contributed by atoms with Crippen LogP contribution in [-0.4, -0.2) is 31.3 Å². The van der Waals surface area contributed by atoms with Crippen molar-refractivity contribution >= 4 is 12.6 Å². The Hall–Kier alpha value is -2.31. The molecule has 1 aromatic rings. The number of fused-ring (bicyclic) bond motifs is 1. The molecule has 0 saturated carbocycles. The molecule has 22 heavy (non-hydrogen) atoms. The topological polar surface area (TPSA) is 48.8 Å². The fourth-order valence-electron chi connectivity index (χ4n) is 2.48. The van der Waals surface area contributed by atoms with Crippen molar-refractivity contribution in [2.24, 2.45) is 9.98 Å². The van der Waals surface area contributed by atoms with Gasteiger partial charge in [0.15, 0.2) is 0 Å². The predicted octanol–water partition coefficient (Wildman–Crippen LogP) is 2.13. The monoisotopic (exact) mass is 308 g/mol. The van der Waals surface area contributed by atoms with Gasteiger partial charge in [0.25, 0.3) is 0 Å². The zero-order chi connectivity index (χ0) is 15.6. The highest BCUT2D eigenvalue weighted by atomic mass is 19.4. The van der Waals surface area contributed by atoms with Crippen LogP contribution in [0.3, 0.4) is 0 Å². The quantitative estimate of drug-likeness (QED) is 0.895. The van der Waals surface area contributed by atoms with Crippen LogP contribution < -0.4 is 10.6 Å². The van der Waals surface area contributed by atoms with Crippen LogP contribution in [0.25, 0.3) is 0 Å². The first-order valence-electron chi connectivity index (χ1n) is 6.95. The van der Waals surface area contributed by atoms with Crippen molar-refractivity contribution < 1.29 is 13.2 Å². The van der Waals surface area contributed by atoms with Crippen LogP contribution in [0.5, 0.6) is 0 Å². The van der Waals surface area contributed by atoms with Gasteiger partial charge in [-0.15, -0.1) is 0 Å². The summed E-state index contributed by atoms with van der Waals surface area (Å²) in [4.78, 5) is 8.53. The van der Waals surface area contributed by atoms with Crippen molar-refractivity contribution in [3.05, 3.63) is 47.2 Å². The highest BCUT2D eigenvalue weighted by Crippen LogP contribution is 2.29. The van der Waals surface area contributed by atoms with Crippen LogP contribution >= 0.6 is 0 Å². The van der Waals surface area contributed by atoms with Crippen molar-refractivity contribution in [1.29, 1.82) is 0 Å². The van der Waals surface area contributed by atoms with Crippen LogP contribution in [-0.2, 0) is 12.6 Å². The first kappa shape index (κ1) is 14.6. The fourth-order valence-corrected chi connectivity index (χ4v) is 2.48. The molecule has 0 amide bonds. The zero-order valence-electron chi connectivity index (χ0n) is 11.6. The van der Waals surface area contributed by atoms with E-state index in [1.165, 1.54) is 12.1 Å². The highest BCUT2D eigenvalue weighted by molar-refractivity contribution is 5.76. The Balaban J connectivity index is 1.58. The lowest BCUT2D eigenvalue weighted by Gasteiger charge is -2.22. The number of aliphatic imine (C=N–C) groups is 2. The van der Waals surface area contributed by atoms with Crippen molar-refractivity contribution in [3.8, 4) is 0 Å². The second-order valence-corrected chi connectivity index (χ2v) is 5.13. The summed E-state index contributed by atoms with van der Waals surface area (Å²) in [7, 11) is 0. The van der Waals surface area contributed by atoms with Crippen molar-refractivity contribution in [3.63, 3.8) is 0 Å². The summed E-state index contributed by atoms with van der Waals surface area (Å²) < 4.78 is 38.0. The van der Waals surface area contributed by atoms with Gasteiger partial charge in [0.1, 0.15) is 12.2 Å². The smallest absolute Gasteiger partial charge is 0.386 e. The summed E-state index contributed by atoms with van der Waals surface area (Å²) in [5.41, 5.74) is 0.962. The molecule has 2 heterocycles. The van der Waals surface area contributed by atoms with Gasteiger partial charge in [0.2, 0.25) is 0 Å². The van der Waals surface area contributed by atoms with E-state index < -0.39 is 11.7 Å². The number of rotatable bonds is 4. The van der Waals surface area contributed by atoms with Crippen LogP contribution in [0.4, 0.5) is 13.2 Å². The molecule has 2 aliphatic heterocycles. The Kier molecular flexibility index (Phi) is 3.87. The molecule has 0 aliphatic carbocycles. The molecule has 0 spiro atoms. The normalized spacial score (nSPS) is 23.0. The Morgan fingerprint density at radius 1 is 1.23 bits per heavy atom. The van der Waals surface area contributed by atoms with Gasteiger partial charge in [-0.3, -0.25) is 9.98 Å². The van der Waals surface area contributed by atoms with E-state index in [2.05, 4.69) is 20.6 Å². The summed E-state index contributed by atoms with van der Waals surface area (Å²) in [6.45, 7) is 0.541. The molecular formula is C15H15F3N4. The molecular weight excluding hydrogens is 293 g/mol. The zero-order valence-corrected chi connectivity index (χ0v) is 11.6. The molecule has 116 valence electrons. The van der Waals surface area contributed by atoms with Gasteiger partial charge >= 0.3 is 6.18 Å². The lowest BCUT2D eigenvalue weighted by atomic mass is 10.1. The molecule has 2 unspecified atom stereocenters. The Bertz CT molecular complexity index is 634. The lowest BCUT2D eigenvalue weighted by Crippen LogP contribution is -2.38. The van der Waals surface area contributed by atoms with E-state index in [1.807, 2.05) is 6.08 Å². The maximum atomic E-state index is 12.7. The maximum absolute atomic E-state index is 12.7. The number of dihydropyridines is 1. The molecule has 0 bridgehead atoms. The number of nitrogens with one attached hydrogen (secondary N) is 2. The van der Waals surface area contributed by atoms with E-state index in [0.717, 1.165) is 11.8 Å². The van der Waals surface area contributed by atoms with Crippen molar-refractivity contribution in [2.45, 2.75) is 24.8 Å². The van der Waals surface area contributed by atoms with Gasteiger partial charge in [-0.2, -0.15) is 13.2 Å². The minimum absolute atomic E-state index is 0.0773. The molecule has 2 aliphatic rings. The van der Waals surface area contributed by atoms with Crippen LogP contribution in [0.1, 0.15) is 11.1 Å². The third-order valence-corrected chi connectivity index (χ3v) is 3.60. The fraction of sp³-hybridized carbons (Fsp3) is 0.333. The van der Waals surface area contributed by atoms with E-state index in [9.17, 15) is 13.2 Å². The second-order valence-electron chi connectivity index (χ2n) is 5.13. The summed E-state index contributed by atoms with van der Waals surface area (Å²) in [6.07, 6.45) is 1.30. The number of benzene rings is 1. The van der Waals surface area contributed by atoms with E-state index in [1.54, 1.807) is 18.6 Å². The van der Waals surface area contributed by atoms with E-state index >= 15 is 0 Å². The van der Waals surface area contributed by atoms with Gasteiger partial charge in [0.05, 0.1) is 11.9 Å². The predicted molar refractivity (Wildman–Crippen MR) is 78.9 cm³/mol. The Morgan fingerprint density at radius 3 is 2.91 bits per heavy atom. The molecule has 3 rings (SSSR count). The second kappa shape index (κ2) is 5.82.